The van der Waals surface area contributed by atoms with Crippen LogP contribution in [0.3, 0.4) is 0 Å². The molecule has 0 spiro atoms. The van der Waals surface area contributed by atoms with Crippen molar-refractivity contribution in [2.24, 2.45) is 5.92 Å². The van der Waals surface area contributed by atoms with Gasteiger partial charge in [0.05, 0.1) is 19.1 Å². The van der Waals surface area contributed by atoms with Crippen molar-refractivity contribution in [1.82, 2.24) is 14.4 Å². The highest BCUT2D eigenvalue weighted by Gasteiger charge is 2.47. The quantitative estimate of drug-likeness (QED) is 0.295. The van der Waals surface area contributed by atoms with E-state index in [0.717, 1.165) is 72.8 Å². The van der Waals surface area contributed by atoms with Gasteiger partial charge < -0.3 is 24.4 Å². The molecule has 1 fully saturated rings. The van der Waals surface area contributed by atoms with Crippen molar-refractivity contribution >= 4 is 22.6 Å². The molecule has 41 heavy (non-hydrogen) atoms. The van der Waals surface area contributed by atoms with Crippen LogP contribution < -0.4 is 4.74 Å². The minimum atomic E-state index is -0.845. The van der Waals surface area contributed by atoms with Gasteiger partial charge in [-0.25, -0.2) is 0 Å². The number of carbonyl (C=O) groups is 2. The van der Waals surface area contributed by atoms with Crippen molar-refractivity contribution in [2.45, 2.75) is 70.9 Å². The maximum absolute atomic E-state index is 13.7. The third-order valence-corrected chi connectivity index (χ3v) is 8.86. The topological polar surface area (TPSA) is 95.2 Å². The predicted molar refractivity (Wildman–Crippen MR) is 159 cm³/mol. The lowest BCUT2D eigenvalue weighted by atomic mass is 9.83. The van der Waals surface area contributed by atoms with Crippen molar-refractivity contribution in [3.8, 4) is 11.6 Å². The number of aromatic hydroxyl groups is 1. The fraction of sp³-hybridized carbons (Fsp3) is 0.515. The molecule has 8 heteroatoms. The van der Waals surface area contributed by atoms with Gasteiger partial charge in [-0.1, -0.05) is 57.0 Å². The first-order valence-electron chi connectivity index (χ1n) is 15.2. The van der Waals surface area contributed by atoms with Gasteiger partial charge in [0.1, 0.15) is 5.75 Å². The van der Waals surface area contributed by atoms with Crippen molar-refractivity contribution in [3.05, 3.63) is 59.8 Å². The molecule has 2 aliphatic heterocycles. The molecular weight excluding hydrogens is 518 g/mol. The van der Waals surface area contributed by atoms with E-state index in [0.29, 0.717) is 26.1 Å². The van der Waals surface area contributed by atoms with Gasteiger partial charge in [-0.05, 0) is 42.5 Å². The van der Waals surface area contributed by atoms with Crippen molar-refractivity contribution in [1.29, 1.82) is 0 Å². The SMILES string of the molecule is CCCCN(CCCC)C(=O)CN1C[C@H](c2ccc3c(c2)CCO3)C(C(=O)O)[C@@H]1CCn1cc2ccccc2c1O. The van der Waals surface area contributed by atoms with Crippen LogP contribution in [0.2, 0.25) is 0 Å². The summed E-state index contributed by atoms with van der Waals surface area (Å²) in [5.41, 5.74) is 2.11. The van der Waals surface area contributed by atoms with E-state index < -0.39 is 11.9 Å². The van der Waals surface area contributed by atoms with E-state index in [1.54, 1.807) is 4.57 Å². The summed E-state index contributed by atoms with van der Waals surface area (Å²) < 4.78 is 7.50. The standard InChI is InChI=1S/C33H43N3O5/c1-3-5-15-34(16-6-4-2)30(37)22-36-21-27(23-11-12-29-24(19-23)14-18-41-29)31(33(39)40)28(36)13-17-35-20-25-9-7-8-10-26(25)32(35)38/h7-12,19-20,27-28,31,38H,3-6,13-18,21-22H2,1-2H3,(H,39,40)/t27-,28+,31?/m1/s1. The molecule has 3 aromatic rings. The molecule has 5 rings (SSSR count). The summed E-state index contributed by atoms with van der Waals surface area (Å²) in [7, 11) is 0. The Labute approximate surface area is 242 Å². The van der Waals surface area contributed by atoms with Gasteiger partial charge in [-0.3, -0.25) is 14.5 Å². The summed E-state index contributed by atoms with van der Waals surface area (Å²) in [6, 6.07) is 13.4. The zero-order valence-corrected chi connectivity index (χ0v) is 24.3. The number of ether oxygens (including phenoxy) is 1. The summed E-state index contributed by atoms with van der Waals surface area (Å²) in [5.74, 6) is -0.627. The number of aryl methyl sites for hydroxylation is 1. The Kier molecular flexibility index (Phi) is 9.18. The number of rotatable bonds is 13. The predicted octanol–water partition coefficient (Wildman–Crippen LogP) is 5.27. The molecule has 1 saturated heterocycles. The van der Waals surface area contributed by atoms with Crippen LogP contribution >= 0.6 is 0 Å². The van der Waals surface area contributed by atoms with Crippen LogP contribution in [-0.2, 0) is 22.6 Å². The number of unbranched alkanes of at least 4 members (excludes halogenated alkanes) is 2. The summed E-state index contributed by atoms with van der Waals surface area (Å²) >= 11 is 0. The van der Waals surface area contributed by atoms with Crippen LogP contribution in [0.25, 0.3) is 10.8 Å². The monoisotopic (exact) mass is 561 g/mol. The second-order valence-corrected chi connectivity index (χ2v) is 11.5. The Morgan fingerprint density at radius 1 is 1.07 bits per heavy atom. The highest BCUT2D eigenvalue weighted by molar-refractivity contribution is 5.87. The van der Waals surface area contributed by atoms with Crippen LogP contribution in [0.15, 0.2) is 48.7 Å². The Morgan fingerprint density at radius 2 is 1.83 bits per heavy atom. The Morgan fingerprint density at radius 3 is 2.54 bits per heavy atom. The van der Waals surface area contributed by atoms with E-state index in [9.17, 15) is 19.8 Å². The number of aliphatic carboxylic acids is 1. The number of carbonyl (C=O) groups excluding carboxylic acids is 1. The molecule has 0 bridgehead atoms. The van der Waals surface area contributed by atoms with Crippen molar-refractivity contribution in [2.75, 3.05) is 32.8 Å². The molecule has 0 radical (unpaired) electrons. The molecule has 2 aromatic carbocycles. The number of fused-ring (bicyclic) bond motifs is 2. The van der Waals surface area contributed by atoms with E-state index in [1.165, 1.54) is 0 Å². The molecule has 220 valence electrons. The van der Waals surface area contributed by atoms with Gasteiger partial charge in [0, 0.05) is 61.5 Å². The van der Waals surface area contributed by atoms with E-state index in [2.05, 4.69) is 24.8 Å². The summed E-state index contributed by atoms with van der Waals surface area (Å²) in [6.45, 7) is 7.52. The molecule has 1 amide bonds. The zero-order valence-electron chi connectivity index (χ0n) is 24.3. The van der Waals surface area contributed by atoms with Crippen LogP contribution in [-0.4, -0.2) is 75.3 Å². The van der Waals surface area contributed by atoms with Gasteiger partial charge in [-0.2, -0.15) is 0 Å². The Bertz CT molecular complexity index is 1360. The van der Waals surface area contributed by atoms with Crippen molar-refractivity contribution < 1.29 is 24.5 Å². The van der Waals surface area contributed by atoms with E-state index in [4.69, 9.17) is 4.74 Å². The summed E-state index contributed by atoms with van der Waals surface area (Å²) in [4.78, 5) is 30.6. The van der Waals surface area contributed by atoms with Crippen LogP contribution in [0.4, 0.5) is 0 Å². The third kappa shape index (κ3) is 6.22. The Hall–Kier alpha value is -3.52. The first-order valence-corrected chi connectivity index (χ1v) is 15.2. The average Bonchev–Trinajstić information content (AvgIpc) is 3.67. The molecule has 0 saturated carbocycles. The van der Waals surface area contributed by atoms with E-state index in [1.807, 2.05) is 47.5 Å². The molecule has 3 heterocycles. The number of hydrogen-bond donors (Lipinski definition) is 2. The summed E-state index contributed by atoms with van der Waals surface area (Å²) in [6.07, 6.45) is 7.19. The lowest BCUT2D eigenvalue weighted by molar-refractivity contribution is -0.144. The zero-order chi connectivity index (χ0) is 28.9. The number of carboxylic acid groups (broad SMARTS) is 1. The van der Waals surface area contributed by atoms with Gasteiger partial charge in [0.25, 0.3) is 0 Å². The molecule has 2 N–H and O–H groups in total. The number of likely N-dealkylation sites (tertiary alicyclic amines) is 1. The van der Waals surface area contributed by atoms with E-state index >= 15 is 0 Å². The maximum atomic E-state index is 13.7. The maximum Gasteiger partial charge on any atom is 0.308 e. The molecule has 1 unspecified atom stereocenters. The van der Waals surface area contributed by atoms with Gasteiger partial charge >= 0.3 is 5.97 Å². The molecule has 0 aliphatic carbocycles. The average molecular weight is 562 g/mol. The minimum Gasteiger partial charge on any atom is -0.494 e. The van der Waals surface area contributed by atoms with Gasteiger partial charge in [-0.15, -0.1) is 0 Å². The van der Waals surface area contributed by atoms with Gasteiger partial charge in [0.2, 0.25) is 5.91 Å². The van der Waals surface area contributed by atoms with Gasteiger partial charge in [0.15, 0.2) is 5.88 Å². The molecular formula is C33H43N3O5. The largest absolute Gasteiger partial charge is 0.494 e. The first kappa shape index (κ1) is 29.0. The molecule has 3 atom stereocenters. The molecule has 1 aromatic heterocycles. The fourth-order valence-electron chi connectivity index (χ4n) is 6.60. The smallest absolute Gasteiger partial charge is 0.308 e. The number of amides is 1. The lowest BCUT2D eigenvalue weighted by Gasteiger charge is -2.30. The number of aromatic nitrogens is 1. The fourth-order valence-corrected chi connectivity index (χ4v) is 6.60. The highest BCUT2D eigenvalue weighted by Crippen LogP contribution is 2.41. The molecule has 2 aliphatic rings. The Balaban J connectivity index is 1.43. The second-order valence-electron chi connectivity index (χ2n) is 11.5. The molecule has 8 nitrogen and oxygen atoms in total. The van der Waals surface area contributed by atoms with Crippen LogP contribution in [0.5, 0.6) is 11.6 Å². The third-order valence-electron chi connectivity index (χ3n) is 8.86. The number of hydrogen-bond acceptors (Lipinski definition) is 5. The highest BCUT2D eigenvalue weighted by atomic mass is 16.5. The lowest BCUT2D eigenvalue weighted by Crippen LogP contribution is -2.45. The summed E-state index contributed by atoms with van der Waals surface area (Å²) in [5, 5.41) is 23.2. The number of benzene rings is 2. The first-order chi connectivity index (χ1) is 19.9. The normalized spacial score (nSPS) is 20.3. The minimum absolute atomic E-state index is 0.0681. The van der Waals surface area contributed by atoms with Crippen LogP contribution in [0.1, 0.15) is 63.0 Å². The number of carboxylic acids is 1. The van der Waals surface area contributed by atoms with Crippen LogP contribution in [0, 0.1) is 5.92 Å². The second kappa shape index (κ2) is 13.0. The number of nitrogens with zero attached hydrogens (tertiary/aromatic N) is 3. The van der Waals surface area contributed by atoms with Crippen molar-refractivity contribution in [3.63, 3.8) is 0 Å². The van der Waals surface area contributed by atoms with E-state index in [-0.39, 0.29) is 30.3 Å².